The van der Waals surface area contributed by atoms with E-state index < -0.39 is 23.5 Å². The molecule has 0 aliphatic rings. The summed E-state index contributed by atoms with van der Waals surface area (Å²) < 4.78 is 4.98. The molecule has 22 heavy (non-hydrogen) atoms. The Morgan fingerprint density at radius 2 is 1.77 bits per heavy atom. The Balaban J connectivity index is 5.24. The molecule has 0 saturated heterocycles. The minimum atomic E-state index is -1.16. The van der Waals surface area contributed by atoms with Gasteiger partial charge < -0.3 is 15.4 Å². The predicted octanol–water partition coefficient (Wildman–Crippen LogP) is 1.55. The number of carbonyl (C=O) groups is 3. The Morgan fingerprint density at radius 1 is 1.23 bits per heavy atom. The van der Waals surface area contributed by atoms with E-state index in [9.17, 15) is 14.4 Å². The van der Waals surface area contributed by atoms with Crippen LogP contribution >= 0.6 is 0 Å². The molecule has 6 nitrogen and oxygen atoms in total. The van der Waals surface area contributed by atoms with Crippen molar-refractivity contribution in [2.75, 3.05) is 6.61 Å². The molecule has 0 fully saturated rings. The lowest BCUT2D eigenvalue weighted by Gasteiger charge is -2.32. The van der Waals surface area contributed by atoms with E-state index >= 15 is 0 Å². The van der Waals surface area contributed by atoms with E-state index in [1.165, 1.54) is 6.92 Å². The molecule has 0 saturated carbocycles. The van der Waals surface area contributed by atoms with Crippen molar-refractivity contribution in [1.82, 2.24) is 10.6 Å². The number of hydrogen-bond acceptors (Lipinski definition) is 4. The highest BCUT2D eigenvalue weighted by Gasteiger charge is 2.37. The van der Waals surface area contributed by atoms with Crippen LogP contribution in [0, 0.1) is 5.92 Å². The second kappa shape index (κ2) is 8.56. The van der Waals surface area contributed by atoms with Crippen LogP contribution in [0.1, 0.15) is 48.0 Å². The third-order valence-electron chi connectivity index (χ3n) is 3.10. The van der Waals surface area contributed by atoms with Crippen molar-refractivity contribution >= 4 is 17.8 Å². The van der Waals surface area contributed by atoms with Crippen LogP contribution in [0.4, 0.5) is 0 Å². The zero-order valence-electron chi connectivity index (χ0n) is 14.4. The van der Waals surface area contributed by atoms with Crippen LogP contribution in [0.15, 0.2) is 12.2 Å². The lowest BCUT2D eigenvalue weighted by molar-refractivity contribution is -0.149. The van der Waals surface area contributed by atoms with Crippen LogP contribution in [0.25, 0.3) is 0 Å². The lowest BCUT2D eigenvalue weighted by Crippen LogP contribution is -2.60. The van der Waals surface area contributed by atoms with Crippen LogP contribution in [0.5, 0.6) is 0 Å². The Bertz CT molecular complexity index is 427. The van der Waals surface area contributed by atoms with Crippen LogP contribution < -0.4 is 10.6 Å². The number of hydrogen-bond donors (Lipinski definition) is 2. The van der Waals surface area contributed by atoms with Crippen LogP contribution in [0.2, 0.25) is 0 Å². The topological polar surface area (TPSA) is 84.5 Å². The van der Waals surface area contributed by atoms with Crippen molar-refractivity contribution in [2.45, 2.75) is 59.5 Å². The first kappa shape index (κ1) is 20.1. The maximum absolute atomic E-state index is 12.6. The van der Waals surface area contributed by atoms with Gasteiger partial charge in [-0.25, -0.2) is 4.79 Å². The molecule has 0 aliphatic carbocycles. The third-order valence-corrected chi connectivity index (χ3v) is 3.10. The molecule has 2 N–H and O–H groups in total. The van der Waals surface area contributed by atoms with Gasteiger partial charge >= 0.3 is 5.97 Å². The summed E-state index contributed by atoms with van der Waals surface area (Å²) >= 11 is 0. The fraction of sp³-hybridized carbons (Fsp3) is 0.688. The molecule has 0 aliphatic heterocycles. The van der Waals surface area contributed by atoms with Gasteiger partial charge in [-0.05, 0) is 33.1 Å². The average Bonchev–Trinajstić information content (AvgIpc) is 2.33. The van der Waals surface area contributed by atoms with E-state index in [0.717, 1.165) is 5.57 Å². The molecular formula is C16H28N2O4. The quantitative estimate of drug-likeness (QED) is 0.526. The highest BCUT2D eigenvalue weighted by Crippen LogP contribution is 2.17. The fourth-order valence-corrected chi connectivity index (χ4v) is 2.20. The number of carbonyl (C=O) groups excluding carboxylic acids is 3. The first-order chi connectivity index (χ1) is 10.0. The Labute approximate surface area is 132 Å². The number of esters is 1. The summed E-state index contributed by atoms with van der Waals surface area (Å²) in [5.41, 5.74) is -0.402. The predicted molar refractivity (Wildman–Crippen MR) is 85.1 cm³/mol. The van der Waals surface area contributed by atoms with Gasteiger partial charge in [0.1, 0.15) is 11.6 Å². The summed E-state index contributed by atoms with van der Waals surface area (Å²) in [5.74, 6) is -1.37. The lowest BCUT2D eigenvalue weighted by atomic mass is 9.91. The summed E-state index contributed by atoms with van der Waals surface area (Å²) in [6, 6.07) is -0.759. The highest BCUT2D eigenvalue weighted by molar-refractivity contribution is 5.93. The summed E-state index contributed by atoms with van der Waals surface area (Å²) in [5, 5.41) is 5.32. The number of amides is 2. The normalized spacial score (nSPS) is 14.7. The van der Waals surface area contributed by atoms with Gasteiger partial charge in [0.25, 0.3) is 0 Å². The minimum Gasteiger partial charge on any atom is -0.464 e. The minimum absolute atomic E-state index is 0.130. The largest absolute Gasteiger partial charge is 0.464 e. The van der Waals surface area contributed by atoms with Gasteiger partial charge in [-0.1, -0.05) is 19.4 Å². The van der Waals surface area contributed by atoms with E-state index in [0.29, 0.717) is 0 Å². The van der Waals surface area contributed by atoms with Gasteiger partial charge in [0, 0.05) is 6.92 Å². The SMILES string of the molecule is C=C(C)C[C@@](C)(NC(C)=O)C(=O)N[C@H](C(=O)OCC)C(C)C. The van der Waals surface area contributed by atoms with Crippen molar-refractivity contribution < 1.29 is 19.1 Å². The molecule has 0 bridgehead atoms. The number of rotatable bonds is 8. The molecule has 0 aromatic heterocycles. The van der Waals surface area contributed by atoms with Gasteiger partial charge in [0.05, 0.1) is 6.61 Å². The van der Waals surface area contributed by atoms with Gasteiger partial charge in [0.15, 0.2) is 0 Å². The Kier molecular flexibility index (Phi) is 7.84. The van der Waals surface area contributed by atoms with E-state index in [1.54, 1.807) is 20.8 Å². The van der Waals surface area contributed by atoms with Gasteiger partial charge in [-0.15, -0.1) is 6.58 Å². The molecule has 0 aromatic rings. The molecule has 0 spiro atoms. The monoisotopic (exact) mass is 312 g/mol. The van der Waals surface area contributed by atoms with Crippen LogP contribution in [-0.2, 0) is 19.1 Å². The maximum atomic E-state index is 12.6. The molecular weight excluding hydrogens is 284 g/mol. The Morgan fingerprint density at radius 3 is 2.14 bits per heavy atom. The van der Waals surface area contributed by atoms with Crippen molar-refractivity contribution in [3.8, 4) is 0 Å². The van der Waals surface area contributed by atoms with E-state index in [4.69, 9.17) is 4.74 Å². The highest BCUT2D eigenvalue weighted by atomic mass is 16.5. The average molecular weight is 312 g/mol. The zero-order valence-corrected chi connectivity index (χ0v) is 14.4. The molecule has 0 unspecified atom stereocenters. The second-order valence-electron chi connectivity index (χ2n) is 6.09. The maximum Gasteiger partial charge on any atom is 0.328 e. The molecule has 0 radical (unpaired) electrons. The summed E-state index contributed by atoms with van der Waals surface area (Å²) in [4.78, 5) is 35.9. The van der Waals surface area contributed by atoms with Gasteiger partial charge in [-0.2, -0.15) is 0 Å². The standard InChI is InChI=1S/C16H28N2O4/c1-8-22-14(20)13(11(4)5)17-15(21)16(7,9-10(2)3)18-12(6)19/h11,13H,2,8-9H2,1,3-7H3,(H,17,21)(H,18,19)/t13-,16+/m0/s1. The van der Waals surface area contributed by atoms with Crippen molar-refractivity contribution in [2.24, 2.45) is 5.92 Å². The molecule has 0 heterocycles. The van der Waals surface area contributed by atoms with Crippen LogP contribution in [0.3, 0.4) is 0 Å². The smallest absolute Gasteiger partial charge is 0.328 e. The molecule has 126 valence electrons. The van der Waals surface area contributed by atoms with E-state index in [1.807, 2.05) is 13.8 Å². The first-order valence-electron chi connectivity index (χ1n) is 7.44. The second-order valence-corrected chi connectivity index (χ2v) is 6.09. The molecule has 2 atom stereocenters. The van der Waals surface area contributed by atoms with Gasteiger partial charge in [0.2, 0.25) is 11.8 Å². The van der Waals surface area contributed by atoms with Crippen molar-refractivity contribution in [3.05, 3.63) is 12.2 Å². The zero-order chi connectivity index (χ0) is 17.5. The molecule has 2 amide bonds. The van der Waals surface area contributed by atoms with Crippen molar-refractivity contribution in [1.29, 1.82) is 0 Å². The van der Waals surface area contributed by atoms with Gasteiger partial charge in [-0.3, -0.25) is 9.59 Å². The van der Waals surface area contributed by atoms with Crippen molar-refractivity contribution in [3.63, 3.8) is 0 Å². The fourth-order valence-electron chi connectivity index (χ4n) is 2.20. The van der Waals surface area contributed by atoms with Crippen LogP contribution in [-0.4, -0.2) is 36.0 Å². The number of nitrogens with one attached hydrogen (secondary N) is 2. The first-order valence-corrected chi connectivity index (χ1v) is 7.44. The molecule has 0 rings (SSSR count). The molecule has 0 aromatic carbocycles. The van der Waals surface area contributed by atoms with E-state index in [-0.39, 0.29) is 24.9 Å². The third kappa shape index (κ3) is 6.28. The summed E-state index contributed by atoms with van der Waals surface area (Å²) in [7, 11) is 0. The Hall–Kier alpha value is -1.85. The van der Waals surface area contributed by atoms with E-state index in [2.05, 4.69) is 17.2 Å². The summed E-state index contributed by atoms with van der Waals surface area (Å²) in [6.45, 7) is 14.1. The molecule has 6 heteroatoms. The summed E-state index contributed by atoms with van der Waals surface area (Å²) in [6.07, 6.45) is 0.284. The number of ether oxygens (including phenoxy) is 1.